The number of rotatable bonds is 7. The van der Waals surface area contributed by atoms with Crippen LogP contribution in [0.15, 0.2) is 84.2 Å². The second-order valence-electron chi connectivity index (χ2n) is 7.12. The number of hydrogen-bond acceptors (Lipinski definition) is 5. The third-order valence-electron chi connectivity index (χ3n) is 4.85. The van der Waals surface area contributed by atoms with Gasteiger partial charge in [0.05, 0.1) is 0 Å². The zero-order valence-electron chi connectivity index (χ0n) is 16.6. The molecule has 0 radical (unpaired) electrons. The van der Waals surface area contributed by atoms with Gasteiger partial charge in [-0.1, -0.05) is 77.8 Å². The van der Waals surface area contributed by atoms with E-state index in [1.807, 2.05) is 30.3 Å². The van der Waals surface area contributed by atoms with Crippen LogP contribution in [0.5, 0.6) is 0 Å². The number of aromatic nitrogens is 1. The second kappa shape index (κ2) is 9.55. The van der Waals surface area contributed by atoms with Crippen molar-refractivity contribution in [2.75, 3.05) is 5.75 Å². The van der Waals surface area contributed by atoms with Crippen LogP contribution in [0, 0.1) is 0 Å². The molecule has 0 aliphatic rings. The maximum Gasteiger partial charge on any atom is 0.197 e. The number of Topliss-reactive ketones (excluding diaryl/α,β-unsaturated/α-hetero) is 1. The van der Waals surface area contributed by atoms with Crippen molar-refractivity contribution in [3.8, 4) is 10.6 Å². The molecule has 0 spiro atoms. The Bertz CT molecular complexity index is 1290. The highest BCUT2D eigenvalue weighted by molar-refractivity contribution is 7.92. The van der Waals surface area contributed by atoms with Crippen LogP contribution in [0.1, 0.15) is 26.9 Å². The number of carbonyl (C=O) groups excluding carboxylic acids is 1. The SMILES string of the molecule is O=C(CS(=O)(=O)C(c1ccc(Cl)cc1)c1ccc(Cl)cc1)c1csc(-c2ccccc2)n1. The molecule has 1 heterocycles. The molecule has 162 valence electrons. The maximum absolute atomic E-state index is 13.5. The quantitative estimate of drug-likeness (QED) is 0.271. The molecule has 0 aliphatic carbocycles. The molecule has 0 fully saturated rings. The average Bonchev–Trinajstić information content (AvgIpc) is 3.27. The fourth-order valence-corrected chi connectivity index (χ4v) is 6.24. The van der Waals surface area contributed by atoms with Crippen molar-refractivity contribution in [1.29, 1.82) is 0 Å². The van der Waals surface area contributed by atoms with Gasteiger partial charge in [0.2, 0.25) is 0 Å². The van der Waals surface area contributed by atoms with Gasteiger partial charge < -0.3 is 0 Å². The number of sulfone groups is 1. The molecular formula is C24H17Cl2NO3S2. The van der Waals surface area contributed by atoms with Gasteiger partial charge in [-0.2, -0.15) is 0 Å². The minimum Gasteiger partial charge on any atom is -0.291 e. The Morgan fingerprint density at radius 2 is 1.38 bits per heavy atom. The van der Waals surface area contributed by atoms with Crippen LogP contribution in [0.4, 0.5) is 0 Å². The first kappa shape index (κ1) is 22.7. The number of halogens is 2. The Hall–Kier alpha value is -2.51. The van der Waals surface area contributed by atoms with Crippen LogP contribution in [-0.4, -0.2) is 24.9 Å². The number of benzene rings is 3. The summed E-state index contributed by atoms with van der Waals surface area (Å²) in [6, 6.07) is 22.6. The van der Waals surface area contributed by atoms with Crippen molar-refractivity contribution in [1.82, 2.24) is 4.98 Å². The first-order valence-corrected chi connectivity index (χ1v) is 13.0. The summed E-state index contributed by atoms with van der Waals surface area (Å²) in [4.78, 5) is 17.3. The topological polar surface area (TPSA) is 64.1 Å². The molecule has 32 heavy (non-hydrogen) atoms. The molecular weight excluding hydrogens is 485 g/mol. The van der Waals surface area contributed by atoms with E-state index in [1.165, 1.54) is 11.3 Å². The summed E-state index contributed by atoms with van der Waals surface area (Å²) < 4.78 is 26.9. The highest BCUT2D eigenvalue weighted by Gasteiger charge is 2.32. The fraction of sp³-hybridized carbons (Fsp3) is 0.0833. The van der Waals surface area contributed by atoms with Gasteiger partial charge in [-0.15, -0.1) is 11.3 Å². The van der Waals surface area contributed by atoms with Crippen LogP contribution in [0.25, 0.3) is 10.6 Å². The third kappa shape index (κ3) is 5.10. The lowest BCUT2D eigenvalue weighted by atomic mass is 10.0. The van der Waals surface area contributed by atoms with Gasteiger partial charge in [-0.05, 0) is 35.4 Å². The number of nitrogens with zero attached hydrogens (tertiary/aromatic N) is 1. The molecule has 0 N–H and O–H groups in total. The second-order valence-corrected chi connectivity index (χ2v) is 10.9. The van der Waals surface area contributed by atoms with E-state index >= 15 is 0 Å². The van der Waals surface area contributed by atoms with Crippen molar-refractivity contribution < 1.29 is 13.2 Å². The van der Waals surface area contributed by atoms with E-state index in [2.05, 4.69) is 4.98 Å². The molecule has 1 aromatic heterocycles. The van der Waals surface area contributed by atoms with Gasteiger partial charge in [0.25, 0.3) is 0 Å². The molecule has 0 saturated heterocycles. The molecule has 0 amide bonds. The van der Waals surface area contributed by atoms with Crippen LogP contribution in [0.3, 0.4) is 0 Å². The van der Waals surface area contributed by atoms with E-state index < -0.39 is 26.6 Å². The Labute approximate surface area is 200 Å². The van der Waals surface area contributed by atoms with E-state index in [0.29, 0.717) is 26.2 Å². The number of thiazole rings is 1. The summed E-state index contributed by atoms with van der Waals surface area (Å²) in [5.74, 6) is -1.21. The summed E-state index contributed by atoms with van der Waals surface area (Å²) in [6.45, 7) is 0. The lowest BCUT2D eigenvalue weighted by Gasteiger charge is -2.18. The standard InChI is InChI=1S/C24H17Cl2NO3S2/c25-19-10-6-16(7-11-19)23(17-8-12-20(26)13-9-17)32(29,30)15-22(28)21-14-31-24(27-21)18-4-2-1-3-5-18/h1-14,23H,15H2. The van der Waals surface area contributed by atoms with Crippen LogP contribution in [0.2, 0.25) is 10.0 Å². The molecule has 4 aromatic rings. The Morgan fingerprint density at radius 1 is 0.844 bits per heavy atom. The highest BCUT2D eigenvalue weighted by Crippen LogP contribution is 2.33. The van der Waals surface area contributed by atoms with Crippen molar-refractivity contribution in [2.45, 2.75) is 5.25 Å². The van der Waals surface area contributed by atoms with Gasteiger partial charge in [0, 0.05) is 21.0 Å². The lowest BCUT2D eigenvalue weighted by molar-refractivity contribution is 0.101. The minimum atomic E-state index is -3.93. The first-order chi connectivity index (χ1) is 15.3. The van der Waals surface area contributed by atoms with E-state index in [1.54, 1.807) is 53.9 Å². The van der Waals surface area contributed by atoms with Crippen molar-refractivity contribution in [3.63, 3.8) is 0 Å². The smallest absolute Gasteiger partial charge is 0.197 e. The van der Waals surface area contributed by atoms with Crippen molar-refractivity contribution in [3.05, 3.63) is 111 Å². The highest BCUT2D eigenvalue weighted by atomic mass is 35.5. The van der Waals surface area contributed by atoms with Gasteiger partial charge >= 0.3 is 0 Å². The van der Waals surface area contributed by atoms with E-state index in [0.717, 1.165) is 5.56 Å². The monoisotopic (exact) mass is 501 g/mol. The molecule has 8 heteroatoms. The Kier molecular flexibility index (Phi) is 6.76. The largest absolute Gasteiger partial charge is 0.291 e. The molecule has 0 unspecified atom stereocenters. The number of carbonyl (C=O) groups is 1. The van der Waals surface area contributed by atoms with E-state index in [4.69, 9.17) is 23.2 Å². The molecule has 4 rings (SSSR count). The third-order valence-corrected chi connectivity index (χ3v) is 8.17. The van der Waals surface area contributed by atoms with E-state index in [-0.39, 0.29) is 5.69 Å². The maximum atomic E-state index is 13.5. The first-order valence-electron chi connectivity index (χ1n) is 9.60. The van der Waals surface area contributed by atoms with Crippen molar-refractivity contribution >= 4 is 50.2 Å². The molecule has 4 nitrogen and oxygen atoms in total. The summed E-state index contributed by atoms with van der Waals surface area (Å²) in [5.41, 5.74) is 2.06. The van der Waals surface area contributed by atoms with Crippen LogP contribution in [-0.2, 0) is 9.84 Å². The zero-order chi connectivity index (χ0) is 22.7. The van der Waals surface area contributed by atoms with Gasteiger partial charge in [0.1, 0.15) is 21.7 Å². The van der Waals surface area contributed by atoms with Crippen LogP contribution >= 0.6 is 34.5 Å². The molecule has 0 bridgehead atoms. The summed E-state index contributed by atoms with van der Waals surface area (Å²) in [5, 5.41) is 2.22. The minimum absolute atomic E-state index is 0.142. The lowest BCUT2D eigenvalue weighted by Crippen LogP contribution is -2.23. The molecule has 3 aromatic carbocycles. The van der Waals surface area contributed by atoms with Gasteiger partial charge in [-0.25, -0.2) is 13.4 Å². The summed E-state index contributed by atoms with van der Waals surface area (Å²) >= 11 is 13.3. The van der Waals surface area contributed by atoms with Gasteiger partial charge in [0.15, 0.2) is 15.6 Å². The van der Waals surface area contributed by atoms with Crippen molar-refractivity contribution in [2.24, 2.45) is 0 Å². The molecule has 0 aliphatic heterocycles. The average molecular weight is 502 g/mol. The normalized spacial score (nSPS) is 11.6. The summed E-state index contributed by atoms with van der Waals surface area (Å²) in [7, 11) is -3.93. The molecule has 0 saturated carbocycles. The predicted octanol–water partition coefficient (Wildman–Crippen LogP) is 6.50. The number of ketones is 1. The predicted molar refractivity (Wildman–Crippen MR) is 130 cm³/mol. The zero-order valence-corrected chi connectivity index (χ0v) is 19.8. The Morgan fingerprint density at radius 3 is 1.91 bits per heavy atom. The van der Waals surface area contributed by atoms with Crippen LogP contribution < -0.4 is 0 Å². The van der Waals surface area contributed by atoms with Gasteiger partial charge in [-0.3, -0.25) is 4.79 Å². The fourth-order valence-electron chi connectivity index (χ4n) is 3.34. The molecule has 0 atom stereocenters. The van der Waals surface area contributed by atoms with E-state index in [9.17, 15) is 13.2 Å². The summed E-state index contributed by atoms with van der Waals surface area (Å²) in [6.07, 6.45) is 0. The number of hydrogen-bond donors (Lipinski definition) is 0. The Balaban J connectivity index is 1.65.